The average Bonchev–Trinajstić information content (AvgIpc) is 2.90. The SMILES string of the molecule is COCC(=O)N1CCC(=C2c3ccc(S(=O)(=O)O)cc3CCc3cccnc32)CC1. The molecule has 8 heteroatoms. The Morgan fingerprint density at radius 1 is 1.13 bits per heavy atom. The van der Waals surface area contributed by atoms with E-state index in [4.69, 9.17) is 4.74 Å². The van der Waals surface area contributed by atoms with Gasteiger partial charge in [0.15, 0.2) is 0 Å². The molecule has 1 fully saturated rings. The summed E-state index contributed by atoms with van der Waals surface area (Å²) in [7, 11) is -2.75. The van der Waals surface area contributed by atoms with Gasteiger partial charge in [-0.2, -0.15) is 8.42 Å². The Hall–Kier alpha value is -2.55. The Bertz CT molecular complexity index is 1110. The van der Waals surface area contributed by atoms with Gasteiger partial charge in [0.25, 0.3) is 10.1 Å². The molecule has 2 aliphatic rings. The average molecular weight is 429 g/mol. The van der Waals surface area contributed by atoms with Crippen LogP contribution in [0, 0.1) is 0 Å². The van der Waals surface area contributed by atoms with Crippen LogP contribution in [0.1, 0.15) is 35.2 Å². The number of hydrogen-bond acceptors (Lipinski definition) is 5. The summed E-state index contributed by atoms with van der Waals surface area (Å²) in [5, 5.41) is 0. The molecule has 1 aliphatic heterocycles. The molecule has 0 unspecified atom stereocenters. The maximum absolute atomic E-state index is 12.2. The maximum Gasteiger partial charge on any atom is 0.294 e. The molecule has 1 amide bonds. The fraction of sp³-hybridized carbons (Fsp3) is 0.364. The lowest BCUT2D eigenvalue weighted by Crippen LogP contribution is -2.38. The van der Waals surface area contributed by atoms with Crippen LogP contribution in [0.3, 0.4) is 0 Å². The van der Waals surface area contributed by atoms with E-state index in [2.05, 4.69) is 11.1 Å². The number of carbonyl (C=O) groups excluding carboxylic acids is 1. The highest BCUT2D eigenvalue weighted by molar-refractivity contribution is 7.85. The predicted molar refractivity (Wildman–Crippen MR) is 112 cm³/mol. The van der Waals surface area contributed by atoms with Crippen LogP contribution in [0.2, 0.25) is 0 Å². The summed E-state index contributed by atoms with van der Waals surface area (Å²) in [5.41, 5.74) is 6.10. The molecule has 0 atom stereocenters. The minimum Gasteiger partial charge on any atom is -0.375 e. The largest absolute Gasteiger partial charge is 0.375 e. The van der Waals surface area contributed by atoms with E-state index in [1.54, 1.807) is 18.3 Å². The van der Waals surface area contributed by atoms with Gasteiger partial charge < -0.3 is 9.64 Å². The number of benzene rings is 1. The Labute approximate surface area is 176 Å². The summed E-state index contributed by atoms with van der Waals surface area (Å²) in [5.74, 6) is -0.0147. The molecule has 0 saturated carbocycles. The van der Waals surface area contributed by atoms with Crippen molar-refractivity contribution in [3.8, 4) is 0 Å². The number of piperidine rings is 1. The zero-order valence-corrected chi connectivity index (χ0v) is 17.6. The molecular weight excluding hydrogens is 404 g/mol. The van der Waals surface area contributed by atoms with Gasteiger partial charge in [-0.3, -0.25) is 14.3 Å². The summed E-state index contributed by atoms with van der Waals surface area (Å²) in [6, 6.07) is 8.74. The van der Waals surface area contributed by atoms with Crippen LogP contribution >= 0.6 is 0 Å². The van der Waals surface area contributed by atoms with Crippen LogP contribution in [0.4, 0.5) is 0 Å². The number of carbonyl (C=O) groups is 1. The molecule has 158 valence electrons. The summed E-state index contributed by atoms with van der Waals surface area (Å²) >= 11 is 0. The second-order valence-electron chi connectivity index (χ2n) is 7.60. The Morgan fingerprint density at radius 3 is 2.57 bits per heavy atom. The second-order valence-corrected chi connectivity index (χ2v) is 9.02. The molecule has 1 N–H and O–H groups in total. The third-order valence-electron chi connectivity index (χ3n) is 5.78. The molecule has 1 aromatic carbocycles. The van der Waals surface area contributed by atoms with E-state index in [1.165, 1.54) is 18.7 Å². The standard InChI is InChI=1S/C22H24N2O5S/c1-29-14-20(25)24-11-8-15(9-12-24)21-19-7-6-18(30(26,27)28)13-17(19)5-4-16-3-2-10-23-22(16)21/h2-3,6-7,10,13H,4-5,8-9,11-12,14H2,1H3,(H,26,27,28). The van der Waals surface area contributed by atoms with Gasteiger partial charge >= 0.3 is 0 Å². The van der Waals surface area contributed by atoms with Crippen molar-refractivity contribution >= 4 is 21.6 Å². The lowest BCUT2D eigenvalue weighted by molar-refractivity contribution is -0.135. The molecule has 0 radical (unpaired) electrons. The first kappa shape index (κ1) is 20.7. The minimum atomic E-state index is -4.27. The van der Waals surface area contributed by atoms with Crippen molar-refractivity contribution in [1.29, 1.82) is 0 Å². The van der Waals surface area contributed by atoms with E-state index in [-0.39, 0.29) is 17.4 Å². The summed E-state index contributed by atoms with van der Waals surface area (Å²) in [6.45, 7) is 1.31. The number of fused-ring (bicyclic) bond motifs is 2. The van der Waals surface area contributed by atoms with Gasteiger partial charge in [0.1, 0.15) is 6.61 Å². The first-order valence-electron chi connectivity index (χ1n) is 9.92. The van der Waals surface area contributed by atoms with Crippen molar-refractivity contribution in [1.82, 2.24) is 9.88 Å². The fourth-order valence-corrected chi connectivity index (χ4v) is 4.82. The maximum atomic E-state index is 12.2. The number of pyridine rings is 1. The van der Waals surface area contributed by atoms with Gasteiger partial charge in [0.2, 0.25) is 5.91 Å². The van der Waals surface area contributed by atoms with Crippen LogP contribution in [0.5, 0.6) is 0 Å². The normalized spacial score (nSPS) is 16.7. The number of likely N-dealkylation sites (tertiary alicyclic amines) is 1. The van der Waals surface area contributed by atoms with Crippen LogP contribution in [-0.2, 0) is 32.5 Å². The lowest BCUT2D eigenvalue weighted by Gasteiger charge is -2.30. The van der Waals surface area contributed by atoms with Crippen molar-refractivity contribution in [2.75, 3.05) is 26.8 Å². The van der Waals surface area contributed by atoms with E-state index in [9.17, 15) is 17.8 Å². The molecule has 1 aliphatic carbocycles. The topological polar surface area (TPSA) is 96.8 Å². The molecule has 2 heterocycles. The van der Waals surface area contributed by atoms with Gasteiger partial charge in [0.05, 0.1) is 10.6 Å². The number of hydrogen-bond donors (Lipinski definition) is 1. The summed E-state index contributed by atoms with van der Waals surface area (Å²) in [6.07, 6.45) is 4.61. The van der Waals surface area contributed by atoms with E-state index in [0.29, 0.717) is 19.5 Å². The quantitative estimate of drug-likeness (QED) is 0.755. The number of ether oxygens (including phenoxy) is 1. The van der Waals surface area contributed by atoms with E-state index in [1.807, 2.05) is 11.0 Å². The highest BCUT2D eigenvalue weighted by Gasteiger charge is 2.27. The van der Waals surface area contributed by atoms with Gasteiger partial charge in [0, 0.05) is 32.0 Å². The highest BCUT2D eigenvalue weighted by atomic mass is 32.2. The van der Waals surface area contributed by atoms with Gasteiger partial charge in [-0.15, -0.1) is 0 Å². The summed E-state index contributed by atoms with van der Waals surface area (Å²) in [4.78, 5) is 18.5. The number of methoxy groups -OCH3 is 1. The molecule has 1 saturated heterocycles. The molecule has 2 aromatic rings. The highest BCUT2D eigenvalue weighted by Crippen LogP contribution is 2.38. The van der Waals surface area contributed by atoms with Gasteiger partial charge in [-0.05, 0) is 60.6 Å². The minimum absolute atomic E-state index is 0.0147. The molecule has 7 nitrogen and oxygen atoms in total. The molecule has 0 spiro atoms. The third-order valence-corrected chi connectivity index (χ3v) is 6.63. The lowest BCUT2D eigenvalue weighted by atomic mass is 9.88. The zero-order valence-electron chi connectivity index (χ0n) is 16.8. The Balaban J connectivity index is 1.79. The molecular formula is C22H24N2O5S. The van der Waals surface area contributed by atoms with Gasteiger partial charge in [-0.1, -0.05) is 17.7 Å². The van der Waals surface area contributed by atoms with Crippen LogP contribution in [-0.4, -0.2) is 55.6 Å². The van der Waals surface area contributed by atoms with Crippen molar-refractivity contribution in [2.45, 2.75) is 30.6 Å². The van der Waals surface area contributed by atoms with E-state index >= 15 is 0 Å². The number of aryl methyl sites for hydroxylation is 2. The second kappa shape index (κ2) is 8.29. The third kappa shape index (κ3) is 4.03. The monoisotopic (exact) mass is 428 g/mol. The molecule has 1 aromatic heterocycles. The smallest absolute Gasteiger partial charge is 0.294 e. The number of aromatic nitrogens is 1. The first-order chi connectivity index (χ1) is 14.4. The fourth-order valence-electron chi connectivity index (χ4n) is 4.29. The Kier molecular flexibility index (Phi) is 5.73. The van der Waals surface area contributed by atoms with Crippen LogP contribution in [0.25, 0.3) is 5.57 Å². The number of rotatable bonds is 3. The van der Waals surface area contributed by atoms with Crippen LogP contribution in [0.15, 0.2) is 47.0 Å². The van der Waals surface area contributed by atoms with Crippen LogP contribution < -0.4 is 0 Å². The van der Waals surface area contributed by atoms with E-state index < -0.39 is 10.1 Å². The van der Waals surface area contributed by atoms with E-state index in [0.717, 1.165) is 47.2 Å². The molecule has 4 rings (SSSR count). The van der Waals surface area contributed by atoms with Crippen molar-refractivity contribution in [3.05, 3.63) is 64.5 Å². The number of amides is 1. The van der Waals surface area contributed by atoms with Crippen molar-refractivity contribution in [3.63, 3.8) is 0 Å². The van der Waals surface area contributed by atoms with Crippen molar-refractivity contribution in [2.24, 2.45) is 0 Å². The van der Waals surface area contributed by atoms with Crippen molar-refractivity contribution < 1.29 is 22.5 Å². The zero-order chi connectivity index (χ0) is 21.3. The molecule has 30 heavy (non-hydrogen) atoms. The predicted octanol–water partition coefficient (Wildman–Crippen LogP) is 2.50. The number of nitrogens with zero attached hydrogens (tertiary/aromatic N) is 2. The molecule has 0 bridgehead atoms. The Morgan fingerprint density at radius 2 is 1.87 bits per heavy atom. The summed E-state index contributed by atoms with van der Waals surface area (Å²) < 4.78 is 37.7. The first-order valence-corrected chi connectivity index (χ1v) is 11.4. The van der Waals surface area contributed by atoms with Gasteiger partial charge in [-0.25, -0.2) is 0 Å².